The van der Waals surface area contributed by atoms with E-state index in [2.05, 4.69) is 27.9 Å². The number of nitrogens with two attached hydrogens (primary N) is 1. The van der Waals surface area contributed by atoms with Crippen LogP contribution >= 0.6 is 22.7 Å². The summed E-state index contributed by atoms with van der Waals surface area (Å²) in [6, 6.07) is 1.85. The summed E-state index contributed by atoms with van der Waals surface area (Å²) in [5, 5.41) is 8.92. The van der Waals surface area contributed by atoms with Gasteiger partial charge in [0.1, 0.15) is 4.88 Å². The van der Waals surface area contributed by atoms with Crippen LogP contribution in [0.2, 0.25) is 0 Å². The molecule has 0 saturated heterocycles. The molecule has 2 aromatic heterocycles. The van der Waals surface area contributed by atoms with Gasteiger partial charge in [-0.1, -0.05) is 11.8 Å². The lowest BCUT2D eigenvalue weighted by Crippen LogP contribution is -2.22. The Morgan fingerprint density at radius 2 is 2.32 bits per heavy atom. The number of amides is 1. The Labute approximate surface area is 120 Å². The van der Waals surface area contributed by atoms with Crippen LogP contribution in [0.3, 0.4) is 0 Å². The number of carbonyl (C=O) groups excluding carboxylic acids is 1. The third-order valence-corrected chi connectivity index (χ3v) is 4.42. The fraction of sp³-hybridized carbons (Fsp3) is 0.214. The molecule has 0 unspecified atom stereocenters. The summed E-state index contributed by atoms with van der Waals surface area (Å²) in [5.41, 5.74) is 8.45. The lowest BCUT2D eigenvalue weighted by atomic mass is 10.2. The molecule has 3 nitrogen and oxygen atoms in total. The Morgan fingerprint density at radius 1 is 1.47 bits per heavy atom. The van der Waals surface area contributed by atoms with E-state index < -0.39 is 0 Å². The van der Waals surface area contributed by atoms with Crippen LogP contribution in [0, 0.1) is 18.8 Å². The highest BCUT2D eigenvalue weighted by Gasteiger charge is 2.12. The molecule has 0 atom stereocenters. The standard InChI is InChI=1S/C14H14N2OS2/c1-10-8-18-9-12(10)7-16-14(17)13-11(3-2-5-15)4-6-19-13/h4,6,8-9H,5,7,15H2,1H3,(H,16,17). The molecule has 5 heteroatoms. The molecule has 0 aliphatic carbocycles. The molecule has 0 fully saturated rings. The smallest absolute Gasteiger partial charge is 0.262 e. The third kappa shape index (κ3) is 3.44. The zero-order chi connectivity index (χ0) is 13.7. The van der Waals surface area contributed by atoms with Crippen LogP contribution in [-0.4, -0.2) is 12.5 Å². The average molecular weight is 290 g/mol. The number of carbonyl (C=O) groups is 1. The van der Waals surface area contributed by atoms with Crippen LogP contribution in [0.15, 0.2) is 22.2 Å². The summed E-state index contributed by atoms with van der Waals surface area (Å²) in [6.07, 6.45) is 0. The van der Waals surface area contributed by atoms with Gasteiger partial charge < -0.3 is 11.1 Å². The Kier molecular flexibility index (Phi) is 4.74. The van der Waals surface area contributed by atoms with Crippen LogP contribution in [0.1, 0.15) is 26.4 Å². The minimum atomic E-state index is -0.0816. The maximum atomic E-state index is 12.1. The average Bonchev–Trinajstić information content (AvgIpc) is 3.02. The molecular formula is C14H14N2OS2. The number of thiophene rings is 2. The van der Waals surface area contributed by atoms with Gasteiger partial charge in [-0.25, -0.2) is 0 Å². The van der Waals surface area contributed by atoms with E-state index in [9.17, 15) is 4.79 Å². The molecule has 0 radical (unpaired) electrons. The Morgan fingerprint density at radius 3 is 3.00 bits per heavy atom. The molecule has 98 valence electrons. The van der Waals surface area contributed by atoms with Crippen molar-refractivity contribution in [2.24, 2.45) is 5.73 Å². The normalized spacial score (nSPS) is 9.79. The molecule has 2 heterocycles. The maximum absolute atomic E-state index is 12.1. The van der Waals surface area contributed by atoms with Crippen LogP contribution in [0.4, 0.5) is 0 Å². The van der Waals surface area contributed by atoms with Gasteiger partial charge in [-0.05, 0) is 40.3 Å². The fourth-order valence-electron chi connectivity index (χ4n) is 1.55. The van der Waals surface area contributed by atoms with Gasteiger partial charge in [0.25, 0.3) is 5.91 Å². The van der Waals surface area contributed by atoms with E-state index in [1.165, 1.54) is 16.9 Å². The van der Waals surface area contributed by atoms with Gasteiger partial charge in [0, 0.05) is 12.1 Å². The zero-order valence-corrected chi connectivity index (χ0v) is 12.2. The zero-order valence-electron chi connectivity index (χ0n) is 10.5. The first-order valence-corrected chi connectivity index (χ1v) is 7.61. The van der Waals surface area contributed by atoms with Crippen molar-refractivity contribution in [3.05, 3.63) is 43.8 Å². The van der Waals surface area contributed by atoms with Crippen molar-refractivity contribution in [2.45, 2.75) is 13.5 Å². The van der Waals surface area contributed by atoms with Crippen molar-refractivity contribution in [3.8, 4) is 11.8 Å². The van der Waals surface area contributed by atoms with E-state index in [1.54, 1.807) is 11.3 Å². The summed E-state index contributed by atoms with van der Waals surface area (Å²) < 4.78 is 0. The van der Waals surface area contributed by atoms with Crippen LogP contribution in [0.5, 0.6) is 0 Å². The number of hydrogen-bond donors (Lipinski definition) is 2. The van der Waals surface area contributed by atoms with Gasteiger partial charge >= 0.3 is 0 Å². The molecule has 2 aromatic rings. The highest BCUT2D eigenvalue weighted by Crippen LogP contribution is 2.17. The van der Waals surface area contributed by atoms with E-state index >= 15 is 0 Å². The van der Waals surface area contributed by atoms with Crippen molar-refractivity contribution >= 4 is 28.6 Å². The largest absolute Gasteiger partial charge is 0.347 e. The molecule has 0 aliphatic rings. The van der Waals surface area contributed by atoms with E-state index in [4.69, 9.17) is 5.73 Å². The predicted octanol–water partition coefficient (Wildman–Crippen LogP) is 2.36. The van der Waals surface area contributed by atoms with Gasteiger partial charge in [0.2, 0.25) is 0 Å². The number of hydrogen-bond acceptors (Lipinski definition) is 4. The third-order valence-electron chi connectivity index (χ3n) is 2.60. The van der Waals surface area contributed by atoms with E-state index in [0.717, 1.165) is 11.1 Å². The first kappa shape index (κ1) is 13.8. The topological polar surface area (TPSA) is 55.1 Å². The van der Waals surface area contributed by atoms with Crippen LogP contribution < -0.4 is 11.1 Å². The first-order chi connectivity index (χ1) is 9.22. The fourth-order valence-corrected chi connectivity index (χ4v) is 3.18. The predicted molar refractivity (Wildman–Crippen MR) is 80.5 cm³/mol. The van der Waals surface area contributed by atoms with Crippen molar-refractivity contribution in [1.82, 2.24) is 5.32 Å². The molecule has 0 bridgehead atoms. The summed E-state index contributed by atoms with van der Waals surface area (Å²) in [7, 11) is 0. The molecule has 0 aliphatic heterocycles. The summed E-state index contributed by atoms with van der Waals surface area (Å²) in [4.78, 5) is 12.7. The lowest BCUT2D eigenvalue weighted by molar-refractivity contribution is 0.0955. The molecule has 19 heavy (non-hydrogen) atoms. The SMILES string of the molecule is Cc1cscc1CNC(=O)c1sccc1C#CCN. The second kappa shape index (κ2) is 6.53. The minimum absolute atomic E-state index is 0.0816. The number of rotatable bonds is 3. The number of aryl methyl sites for hydroxylation is 1. The van der Waals surface area contributed by atoms with Crippen LogP contribution in [0.25, 0.3) is 0 Å². The molecule has 1 amide bonds. The molecular weight excluding hydrogens is 276 g/mol. The quantitative estimate of drug-likeness (QED) is 0.853. The van der Waals surface area contributed by atoms with Crippen molar-refractivity contribution in [2.75, 3.05) is 6.54 Å². The molecule has 0 saturated carbocycles. The highest BCUT2D eigenvalue weighted by molar-refractivity contribution is 7.12. The van der Waals surface area contributed by atoms with E-state index in [-0.39, 0.29) is 5.91 Å². The van der Waals surface area contributed by atoms with Gasteiger partial charge in [-0.15, -0.1) is 11.3 Å². The van der Waals surface area contributed by atoms with Crippen molar-refractivity contribution in [3.63, 3.8) is 0 Å². The van der Waals surface area contributed by atoms with Crippen molar-refractivity contribution < 1.29 is 4.79 Å². The lowest BCUT2D eigenvalue weighted by Gasteiger charge is -2.03. The second-order valence-electron chi connectivity index (χ2n) is 3.93. The molecule has 3 N–H and O–H groups in total. The molecule has 2 rings (SSSR count). The minimum Gasteiger partial charge on any atom is -0.347 e. The monoisotopic (exact) mass is 290 g/mol. The Hall–Kier alpha value is -1.61. The van der Waals surface area contributed by atoms with Gasteiger partial charge in [-0.2, -0.15) is 11.3 Å². The Balaban J connectivity index is 2.04. The van der Waals surface area contributed by atoms with E-state index in [0.29, 0.717) is 18.0 Å². The Bertz CT molecular complexity index is 631. The number of nitrogens with one attached hydrogen (secondary N) is 1. The maximum Gasteiger partial charge on any atom is 0.262 e. The highest BCUT2D eigenvalue weighted by atomic mass is 32.1. The summed E-state index contributed by atoms with van der Waals surface area (Å²) in [5.74, 6) is 5.60. The van der Waals surface area contributed by atoms with Crippen LogP contribution in [-0.2, 0) is 6.54 Å². The summed E-state index contributed by atoms with van der Waals surface area (Å²) >= 11 is 3.04. The van der Waals surface area contributed by atoms with E-state index in [1.807, 2.05) is 18.4 Å². The van der Waals surface area contributed by atoms with Crippen molar-refractivity contribution in [1.29, 1.82) is 0 Å². The van der Waals surface area contributed by atoms with Gasteiger partial charge in [0.05, 0.1) is 6.54 Å². The summed E-state index contributed by atoms with van der Waals surface area (Å²) in [6.45, 7) is 2.89. The van der Waals surface area contributed by atoms with Gasteiger partial charge in [0.15, 0.2) is 0 Å². The first-order valence-electron chi connectivity index (χ1n) is 5.78. The molecule has 0 spiro atoms. The molecule has 0 aromatic carbocycles. The second-order valence-corrected chi connectivity index (χ2v) is 5.59. The van der Waals surface area contributed by atoms with Gasteiger partial charge in [-0.3, -0.25) is 4.79 Å².